The highest BCUT2D eigenvalue weighted by molar-refractivity contribution is 6.30. The van der Waals surface area contributed by atoms with Crippen molar-refractivity contribution in [1.29, 1.82) is 0 Å². The Kier molecular flexibility index (Phi) is 3.28. The number of carbonyl (C=O) groups is 1. The third kappa shape index (κ3) is 2.63. The first-order valence-corrected chi connectivity index (χ1v) is 5.94. The number of halogens is 1. The second kappa shape index (κ2) is 4.59. The first-order chi connectivity index (χ1) is 8.38. The molecule has 0 aliphatic heterocycles. The van der Waals surface area contributed by atoms with Crippen LogP contribution in [0.25, 0.3) is 5.65 Å². The van der Waals surface area contributed by atoms with Gasteiger partial charge in [-0.3, -0.25) is 10.1 Å². The molecule has 0 spiro atoms. The van der Waals surface area contributed by atoms with E-state index in [1.54, 1.807) is 26.1 Å². The summed E-state index contributed by atoms with van der Waals surface area (Å²) >= 11 is 5.89. The lowest BCUT2D eigenvalue weighted by Gasteiger charge is -2.21. The molecular formula is C12H15ClN4O. The molecule has 0 saturated heterocycles. The Morgan fingerprint density at radius 3 is 2.89 bits per heavy atom. The molecule has 0 radical (unpaired) electrons. The minimum atomic E-state index is -0.757. The highest BCUT2D eigenvalue weighted by Gasteiger charge is 2.23. The number of aromatic nitrogens is 2. The molecule has 6 heteroatoms. The van der Waals surface area contributed by atoms with E-state index >= 15 is 0 Å². The molecule has 0 aliphatic rings. The number of hydrogen-bond acceptors (Lipinski definition) is 3. The van der Waals surface area contributed by atoms with Gasteiger partial charge in [-0.05, 0) is 26.0 Å². The number of primary amides is 1. The van der Waals surface area contributed by atoms with Gasteiger partial charge in [0.1, 0.15) is 5.65 Å². The van der Waals surface area contributed by atoms with Gasteiger partial charge >= 0.3 is 0 Å². The fraction of sp³-hybridized carbons (Fsp3) is 0.333. The largest absolute Gasteiger partial charge is 0.368 e. The lowest BCUT2D eigenvalue weighted by molar-refractivity contribution is -0.123. The molecule has 0 bridgehead atoms. The van der Waals surface area contributed by atoms with Crippen LogP contribution in [0.5, 0.6) is 0 Å². The van der Waals surface area contributed by atoms with Crippen molar-refractivity contribution in [2.24, 2.45) is 5.73 Å². The van der Waals surface area contributed by atoms with Crippen molar-refractivity contribution < 1.29 is 4.79 Å². The first kappa shape index (κ1) is 12.9. The number of rotatable bonds is 4. The molecule has 3 N–H and O–H groups in total. The molecule has 0 aliphatic carbocycles. The summed E-state index contributed by atoms with van der Waals surface area (Å²) in [5, 5.41) is 3.72. The van der Waals surface area contributed by atoms with Crippen LogP contribution in [0.4, 0.5) is 0 Å². The molecule has 2 heterocycles. The number of fused-ring (bicyclic) bond motifs is 1. The first-order valence-electron chi connectivity index (χ1n) is 5.56. The highest BCUT2D eigenvalue weighted by atomic mass is 35.5. The van der Waals surface area contributed by atoms with Crippen molar-refractivity contribution in [3.63, 3.8) is 0 Å². The van der Waals surface area contributed by atoms with Gasteiger partial charge in [-0.15, -0.1) is 0 Å². The van der Waals surface area contributed by atoms with Crippen LogP contribution in [0, 0.1) is 0 Å². The predicted octanol–water partition coefficient (Wildman–Crippen LogP) is 1.34. The van der Waals surface area contributed by atoms with Gasteiger partial charge in [0, 0.05) is 18.9 Å². The summed E-state index contributed by atoms with van der Waals surface area (Å²) in [5.41, 5.74) is 6.17. The van der Waals surface area contributed by atoms with Gasteiger partial charge in [0.25, 0.3) is 0 Å². The molecule has 96 valence electrons. The quantitative estimate of drug-likeness (QED) is 0.877. The van der Waals surface area contributed by atoms with Gasteiger partial charge in [-0.2, -0.15) is 0 Å². The molecule has 2 aromatic rings. The van der Waals surface area contributed by atoms with Crippen LogP contribution in [0.15, 0.2) is 24.5 Å². The summed E-state index contributed by atoms with van der Waals surface area (Å²) in [5.74, 6) is -0.394. The van der Waals surface area contributed by atoms with Crippen LogP contribution >= 0.6 is 11.6 Å². The van der Waals surface area contributed by atoms with E-state index in [1.807, 2.05) is 16.7 Å². The van der Waals surface area contributed by atoms with Crippen LogP contribution in [0.3, 0.4) is 0 Å². The second-order valence-electron chi connectivity index (χ2n) is 4.69. The molecule has 2 aromatic heterocycles. The SMILES string of the molecule is CC(C)(NCc1cn2cc(Cl)ccc2n1)C(N)=O. The Bertz CT molecular complexity index is 591. The van der Waals surface area contributed by atoms with Crippen molar-refractivity contribution in [3.05, 3.63) is 35.2 Å². The zero-order valence-corrected chi connectivity index (χ0v) is 11.0. The van der Waals surface area contributed by atoms with E-state index < -0.39 is 11.4 Å². The minimum Gasteiger partial charge on any atom is -0.368 e. The van der Waals surface area contributed by atoms with Crippen molar-refractivity contribution >= 4 is 23.2 Å². The number of imidazole rings is 1. The monoisotopic (exact) mass is 266 g/mol. The third-order valence-corrected chi connectivity index (χ3v) is 3.02. The van der Waals surface area contributed by atoms with Crippen LogP contribution < -0.4 is 11.1 Å². The lowest BCUT2D eigenvalue weighted by Crippen LogP contribution is -2.50. The Hall–Kier alpha value is -1.59. The van der Waals surface area contributed by atoms with Crippen LogP contribution in [0.1, 0.15) is 19.5 Å². The van der Waals surface area contributed by atoms with E-state index in [-0.39, 0.29) is 0 Å². The summed E-state index contributed by atoms with van der Waals surface area (Å²) in [7, 11) is 0. The fourth-order valence-corrected chi connectivity index (χ4v) is 1.67. The maximum absolute atomic E-state index is 11.2. The summed E-state index contributed by atoms with van der Waals surface area (Å²) in [4.78, 5) is 15.6. The van der Waals surface area contributed by atoms with E-state index in [2.05, 4.69) is 10.3 Å². The molecule has 0 saturated carbocycles. The zero-order valence-electron chi connectivity index (χ0n) is 10.3. The van der Waals surface area contributed by atoms with Gasteiger partial charge in [-0.1, -0.05) is 11.6 Å². The maximum Gasteiger partial charge on any atom is 0.237 e. The number of hydrogen-bond donors (Lipinski definition) is 2. The molecule has 1 amide bonds. The molecule has 0 atom stereocenters. The summed E-state index contributed by atoms with van der Waals surface area (Å²) in [6.07, 6.45) is 3.65. The second-order valence-corrected chi connectivity index (χ2v) is 5.12. The van der Waals surface area contributed by atoms with E-state index in [1.165, 1.54) is 0 Å². The average molecular weight is 267 g/mol. The van der Waals surface area contributed by atoms with E-state index in [0.717, 1.165) is 11.3 Å². The standard InChI is InChI=1S/C12H15ClN4O/c1-12(2,11(14)18)15-5-9-7-17-6-8(13)3-4-10(17)16-9/h3-4,6-7,15H,5H2,1-2H3,(H2,14,18). The van der Waals surface area contributed by atoms with Crippen LogP contribution in [0.2, 0.25) is 5.02 Å². The average Bonchev–Trinajstić information content (AvgIpc) is 2.68. The summed E-state index contributed by atoms with van der Waals surface area (Å²) < 4.78 is 1.84. The van der Waals surface area contributed by atoms with Crippen LogP contribution in [-0.2, 0) is 11.3 Å². The van der Waals surface area contributed by atoms with Crippen molar-refractivity contribution in [2.45, 2.75) is 25.9 Å². The Morgan fingerprint density at radius 1 is 1.50 bits per heavy atom. The van der Waals surface area contributed by atoms with Gasteiger partial charge < -0.3 is 10.1 Å². The number of nitrogens with one attached hydrogen (secondary N) is 1. The van der Waals surface area contributed by atoms with Crippen molar-refractivity contribution in [2.75, 3.05) is 0 Å². The van der Waals surface area contributed by atoms with Gasteiger partial charge in [0.05, 0.1) is 16.3 Å². The third-order valence-electron chi connectivity index (χ3n) is 2.79. The molecule has 5 nitrogen and oxygen atoms in total. The summed E-state index contributed by atoms with van der Waals surface area (Å²) in [6, 6.07) is 3.62. The normalized spacial score (nSPS) is 11.9. The Balaban J connectivity index is 2.15. The van der Waals surface area contributed by atoms with Crippen molar-refractivity contribution in [1.82, 2.24) is 14.7 Å². The fourth-order valence-electron chi connectivity index (χ4n) is 1.50. The summed E-state index contributed by atoms with van der Waals surface area (Å²) in [6.45, 7) is 3.94. The topological polar surface area (TPSA) is 72.4 Å². The number of carbonyl (C=O) groups excluding carboxylic acids is 1. The smallest absolute Gasteiger partial charge is 0.237 e. The number of amides is 1. The van der Waals surface area contributed by atoms with Gasteiger partial charge in [0.15, 0.2) is 0 Å². The Morgan fingerprint density at radius 2 is 2.22 bits per heavy atom. The molecule has 18 heavy (non-hydrogen) atoms. The van der Waals surface area contributed by atoms with Crippen molar-refractivity contribution in [3.8, 4) is 0 Å². The Labute approximate surface area is 110 Å². The minimum absolute atomic E-state index is 0.394. The van der Waals surface area contributed by atoms with E-state index in [0.29, 0.717) is 11.6 Å². The molecular weight excluding hydrogens is 252 g/mol. The zero-order chi connectivity index (χ0) is 13.3. The van der Waals surface area contributed by atoms with Gasteiger partial charge in [0.2, 0.25) is 5.91 Å². The van der Waals surface area contributed by atoms with Crippen LogP contribution in [-0.4, -0.2) is 20.8 Å². The molecule has 0 unspecified atom stereocenters. The molecule has 2 rings (SSSR count). The molecule has 0 aromatic carbocycles. The van der Waals surface area contributed by atoms with E-state index in [4.69, 9.17) is 17.3 Å². The van der Waals surface area contributed by atoms with Gasteiger partial charge in [-0.25, -0.2) is 4.98 Å². The van der Waals surface area contributed by atoms with E-state index in [9.17, 15) is 4.79 Å². The molecule has 0 fully saturated rings. The number of nitrogens with two attached hydrogens (primary N) is 1. The highest BCUT2D eigenvalue weighted by Crippen LogP contribution is 2.12. The lowest BCUT2D eigenvalue weighted by atomic mass is 10.1. The number of nitrogens with zero attached hydrogens (tertiary/aromatic N) is 2. The number of pyridine rings is 1. The predicted molar refractivity (Wildman–Crippen MR) is 70.3 cm³/mol. The maximum atomic E-state index is 11.2.